The SMILES string of the molecule is CC(=O)[C@@]12C[C@@H]1CCCC2=O. The maximum Gasteiger partial charge on any atom is 0.146 e. The van der Waals surface area contributed by atoms with Crippen molar-refractivity contribution in [2.24, 2.45) is 11.3 Å². The smallest absolute Gasteiger partial charge is 0.146 e. The summed E-state index contributed by atoms with van der Waals surface area (Å²) in [4.78, 5) is 22.5. The van der Waals surface area contributed by atoms with Crippen molar-refractivity contribution in [1.82, 2.24) is 0 Å². The molecule has 2 aliphatic carbocycles. The van der Waals surface area contributed by atoms with Crippen LogP contribution in [0.5, 0.6) is 0 Å². The molecule has 2 nitrogen and oxygen atoms in total. The van der Waals surface area contributed by atoms with E-state index in [1.165, 1.54) is 0 Å². The Balaban J connectivity index is 2.27. The van der Waals surface area contributed by atoms with E-state index in [1.807, 2.05) is 0 Å². The van der Waals surface area contributed by atoms with E-state index < -0.39 is 5.41 Å². The molecule has 0 radical (unpaired) electrons. The highest BCUT2D eigenvalue weighted by Crippen LogP contribution is 2.59. The zero-order valence-electron chi connectivity index (χ0n) is 6.72. The van der Waals surface area contributed by atoms with Crippen LogP contribution in [0.1, 0.15) is 32.6 Å². The third-order valence-electron chi connectivity index (χ3n) is 3.19. The molecule has 0 saturated heterocycles. The van der Waals surface area contributed by atoms with E-state index in [2.05, 4.69) is 0 Å². The molecule has 2 heteroatoms. The van der Waals surface area contributed by atoms with Crippen molar-refractivity contribution < 1.29 is 9.59 Å². The fraction of sp³-hybridized carbons (Fsp3) is 0.778. The maximum absolute atomic E-state index is 11.4. The molecule has 0 N–H and O–H groups in total. The van der Waals surface area contributed by atoms with Gasteiger partial charge >= 0.3 is 0 Å². The maximum atomic E-state index is 11.4. The lowest BCUT2D eigenvalue weighted by atomic mass is 9.84. The van der Waals surface area contributed by atoms with E-state index in [-0.39, 0.29) is 11.6 Å². The van der Waals surface area contributed by atoms with Crippen LogP contribution in [0.15, 0.2) is 0 Å². The molecule has 0 aromatic rings. The second kappa shape index (κ2) is 1.93. The van der Waals surface area contributed by atoms with Gasteiger partial charge in [0, 0.05) is 6.42 Å². The van der Waals surface area contributed by atoms with Crippen LogP contribution in [0.3, 0.4) is 0 Å². The number of carbonyl (C=O) groups excluding carboxylic acids is 2. The van der Waals surface area contributed by atoms with Crippen molar-refractivity contribution in [2.45, 2.75) is 32.6 Å². The summed E-state index contributed by atoms with van der Waals surface area (Å²) in [7, 11) is 0. The van der Waals surface area contributed by atoms with Crippen molar-refractivity contribution in [3.8, 4) is 0 Å². The summed E-state index contributed by atoms with van der Waals surface area (Å²) in [6, 6.07) is 0. The molecule has 2 aliphatic rings. The zero-order chi connectivity index (χ0) is 8.06. The molecule has 60 valence electrons. The molecule has 0 amide bonds. The minimum Gasteiger partial charge on any atom is -0.299 e. The molecule has 0 heterocycles. The molecular weight excluding hydrogens is 140 g/mol. The van der Waals surface area contributed by atoms with Crippen molar-refractivity contribution in [1.29, 1.82) is 0 Å². The number of rotatable bonds is 1. The fourth-order valence-electron chi connectivity index (χ4n) is 2.38. The predicted octanol–water partition coefficient (Wildman–Crippen LogP) is 1.33. The Morgan fingerprint density at radius 1 is 1.64 bits per heavy atom. The number of carbonyl (C=O) groups is 2. The first kappa shape index (κ1) is 7.01. The lowest BCUT2D eigenvalue weighted by Gasteiger charge is -2.16. The van der Waals surface area contributed by atoms with Crippen LogP contribution in [0.4, 0.5) is 0 Å². The second-order valence-electron chi connectivity index (χ2n) is 3.74. The van der Waals surface area contributed by atoms with Gasteiger partial charge < -0.3 is 0 Å². The Morgan fingerprint density at radius 3 is 2.82 bits per heavy atom. The highest BCUT2D eigenvalue weighted by atomic mass is 16.2. The summed E-state index contributed by atoms with van der Waals surface area (Å²) >= 11 is 0. The monoisotopic (exact) mass is 152 g/mol. The van der Waals surface area contributed by atoms with Crippen LogP contribution >= 0.6 is 0 Å². The molecule has 11 heavy (non-hydrogen) atoms. The topological polar surface area (TPSA) is 34.1 Å². The predicted molar refractivity (Wildman–Crippen MR) is 40.1 cm³/mol. The highest BCUT2D eigenvalue weighted by molar-refractivity contribution is 6.09. The number of hydrogen-bond acceptors (Lipinski definition) is 2. The molecule has 0 aliphatic heterocycles. The number of hydrogen-bond donors (Lipinski definition) is 0. The van der Waals surface area contributed by atoms with Crippen LogP contribution < -0.4 is 0 Å². The van der Waals surface area contributed by atoms with Crippen LogP contribution in [0.2, 0.25) is 0 Å². The van der Waals surface area contributed by atoms with Gasteiger partial charge in [0.1, 0.15) is 11.6 Å². The summed E-state index contributed by atoms with van der Waals surface area (Å²) in [6.45, 7) is 1.56. The van der Waals surface area contributed by atoms with E-state index in [9.17, 15) is 9.59 Å². The van der Waals surface area contributed by atoms with Gasteiger partial charge in [-0.15, -0.1) is 0 Å². The Bertz CT molecular complexity index is 232. The molecule has 0 spiro atoms. The molecule has 0 unspecified atom stereocenters. The first-order chi connectivity index (χ1) is 5.18. The van der Waals surface area contributed by atoms with Gasteiger partial charge in [0.2, 0.25) is 0 Å². The third-order valence-corrected chi connectivity index (χ3v) is 3.19. The molecule has 0 aromatic heterocycles. The molecule has 2 atom stereocenters. The number of fused-ring (bicyclic) bond motifs is 1. The summed E-state index contributed by atoms with van der Waals surface area (Å²) in [5, 5.41) is 0. The van der Waals surface area contributed by atoms with E-state index in [0.29, 0.717) is 12.3 Å². The average Bonchev–Trinajstić information content (AvgIpc) is 2.64. The first-order valence-corrected chi connectivity index (χ1v) is 4.22. The van der Waals surface area contributed by atoms with Gasteiger partial charge in [-0.05, 0) is 32.1 Å². The minimum atomic E-state index is -0.474. The number of ketones is 2. The molecule has 0 aromatic carbocycles. The normalized spacial score (nSPS) is 41.5. The number of Topliss-reactive ketones (excluding diaryl/α,β-unsaturated/α-hetero) is 2. The average molecular weight is 152 g/mol. The molecular formula is C9H12O2. The Labute approximate surface area is 66.0 Å². The molecule has 2 fully saturated rings. The third kappa shape index (κ3) is 0.725. The summed E-state index contributed by atoms with van der Waals surface area (Å²) in [5.74, 6) is 0.731. The van der Waals surface area contributed by atoms with Gasteiger partial charge in [-0.25, -0.2) is 0 Å². The van der Waals surface area contributed by atoms with Crippen molar-refractivity contribution >= 4 is 11.6 Å². The summed E-state index contributed by atoms with van der Waals surface area (Å²) in [5.41, 5.74) is -0.474. The van der Waals surface area contributed by atoms with E-state index >= 15 is 0 Å². The standard InChI is InChI=1S/C9H12O2/c1-6(10)9-5-7(9)3-2-4-8(9)11/h7H,2-5H2,1H3/t7-,9-/m0/s1. The highest BCUT2D eigenvalue weighted by Gasteiger charge is 2.63. The van der Waals surface area contributed by atoms with Gasteiger partial charge in [-0.1, -0.05) is 0 Å². The fourth-order valence-corrected chi connectivity index (χ4v) is 2.38. The second-order valence-corrected chi connectivity index (χ2v) is 3.74. The minimum absolute atomic E-state index is 0.104. The Hall–Kier alpha value is -0.660. The zero-order valence-corrected chi connectivity index (χ0v) is 6.72. The van der Waals surface area contributed by atoms with E-state index in [4.69, 9.17) is 0 Å². The van der Waals surface area contributed by atoms with Gasteiger partial charge in [0.15, 0.2) is 0 Å². The Kier molecular flexibility index (Phi) is 1.23. The molecule has 2 saturated carbocycles. The van der Waals surface area contributed by atoms with Gasteiger partial charge in [-0.2, -0.15) is 0 Å². The van der Waals surface area contributed by atoms with E-state index in [1.54, 1.807) is 6.92 Å². The van der Waals surface area contributed by atoms with Crippen LogP contribution in [-0.2, 0) is 9.59 Å². The Morgan fingerprint density at radius 2 is 2.36 bits per heavy atom. The molecule has 0 bridgehead atoms. The van der Waals surface area contributed by atoms with Gasteiger partial charge in [-0.3, -0.25) is 9.59 Å². The first-order valence-electron chi connectivity index (χ1n) is 4.22. The summed E-state index contributed by atoms with van der Waals surface area (Å²) < 4.78 is 0. The lowest BCUT2D eigenvalue weighted by Crippen LogP contribution is -2.28. The molecule has 2 rings (SSSR count). The van der Waals surface area contributed by atoms with Crippen molar-refractivity contribution in [3.63, 3.8) is 0 Å². The summed E-state index contributed by atoms with van der Waals surface area (Å²) in [6.07, 6.45) is 3.57. The quantitative estimate of drug-likeness (QED) is 0.531. The van der Waals surface area contributed by atoms with Crippen LogP contribution in [0, 0.1) is 11.3 Å². The van der Waals surface area contributed by atoms with Crippen molar-refractivity contribution in [2.75, 3.05) is 0 Å². The van der Waals surface area contributed by atoms with Crippen LogP contribution in [0.25, 0.3) is 0 Å². The largest absolute Gasteiger partial charge is 0.299 e. The van der Waals surface area contributed by atoms with Crippen molar-refractivity contribution in [3.05, 3.63) is 0 Å². The van der Waals surface area contributed by atoms with Gasteiger partial charge in [0.05, 0.1) is 5.41 Å². The van der Waals surface area contributed by atoms with Crippen LogP contribution in [-0.4, -0.2) is 11.6 Å². The van der Waals surface area contributed by atoms with E-state index in [0.717, 1.165) is 19.3 Å². The van der Waals surface area contributed by atoms with Gasteiger partial charge in [0.25, 0.3) is 0 Å². The lowest BCUT2D eigenvalue weighted by molar-refractivity contribution is -0.135.